The minimum absolute atomic E-state index is 0.157. The Kier molecular flexibility index (Phi) is 2.54. The zero-order valence-corrected chi connectivity index (χ0v) is 9.03. The molecule has 0 spiro atoms. The molecular weight excluding hydrogens is 202 g/mol. The Bertz CT molecular complexity index is 327. The van der Waals surface area contributed by atoms with Gasteiger partial charge in [-0.25, -0.2) is 0 Å². The molecule has 1 aromatic rings. The van der Waals surface area contributed by atoms with Crippen molar-refractivity contribution >= 4 is 23.4 Å². The Labute approximate surface area is 87.7 Å². The van der Waals surface area contributed by atoms with Gasteiger partial charge < -0.3 is 5.73 Å². The molecule has 3 heteroatoms. The molecule has 0 amide bonds. The summed E-state index contributed by atoms with van der Waals surface area (Å²) in [4.78, 5) is 1.18. The van der Waals surface area contributed by atoms with Crippen molar-refractivity contribution in [3.63, 3.8) is 0 Å². The van der Waals surface area contributed by atoms with Crippen molar-refractivity contribution in [3.05, 3.63) is 28.8 Å². The standard InChI is InChI=1S/C10H12ClNS/c1-6-5-9(12)7-3-2-4-8(11)10(7)13-6/h2-4,6,9H,5,12H2,1H3. The third-order valence-corrected chi connectivity index (χ3v) is 4.01. The second-order valence-electron chi connectivity index (χ2n) is 3.43. The van der Waals surface area contributed by atoms with Crippen LogP contribution in [0, 0.1) is 0 Å². The minimum atomic E-state index is 0.157. The van der Waals surface area contributed by atoms with Crippen LogP contribution >= 0.6 is 23.4 Å². The molecule has 2 rings (SSSR count). The van der Waals surface area contributed by atoms with Gasteiger partial charge in [0.15, 0.2) is 0 Å². The number of hydrogen-bond acceptors (Lipinski definition) is 2. The topological polar surface area (TPSA) is 26.0 Å². The fourth-order valence-corrected chi connectivity index (χ4v) is 3.23. The summed E-state index contributed by atoms with van der Waals surface area (Å²) in [6.45, 7) is 2.19. The van der Waals surface area contributed by atoms with E-state index in [-0.39, 0.29) is 6.04 Å². The average molecular weight is 214 g/mol. The summed E-state index contributed by atoms with van der Waals surface area (Å²) in [6.07, 6.45) is 1.04. The van der Waals surface area contributed by atoms with Crippen molar-refractivity contribution in [1.29, 1.82) is 0 Å². The van der Waals surface area contributed by atoms with E-state index in [0.717, 1.165) is 11.4 Å². The van der Waals surface area contributed by atoms with Crippen LogP contribution in [0.25, 0.3) is 0 Å². The molecule has 1 aliphatic rings. The first-order valence-electron chi connectivity index (χ1n) is 4.39. The van der Waals surface area contributed by atoms with Crippen LogP contribution in [0.1, 0.15) is 24.9 Å². The Balaban J connectivity index is 2.49. The summed E-state index contributed by atoms with van der Waals surface area (Å²) in [5.41, 5.74) is 7.24. The lowest BCUT2D eigenvalue weighted by molar-refractivity contribution is 0.625. The second-order valence-corrected chi connectivity index (χ2v) is 5.28. The van der Waals surface area contributed by atoms with Crippen LogP contribution in [0.15, 0.2) is 23.1 Å². The highest BCUT2D eigenvalue weighted by Gasteiger charge is 2.23. The molecule has 0 saturated carbocycles. The van der Waals surface area contributed by atoms with Gasteiger partial charge in [-0.05, 0) is 18.1 Å². The first-order chi connectivity index (χ1) is 6.18. The van der Waals surface area contributed by atoms with Gasteiger partial charge in [0.25, 0.3) is 0 Å². The fraction of sp³-hybridized carbons (Fsp3) is 0.400. The molecule has 1 aromatic carbocycles. The van der Waals surface area contributed by atoms with E-state index in [1.54, 1.807) is 0 Å². The summed E-state index contributed by atoms with van der Waals surface area (Å²) < 4.78 is 0. The molecule has 0 fully saturated rings. The van der Waals surface area contributed by atoms with Gasteiger partial charge >= 0.3 is 0 Å². The smallest absolute Gasteiger partial charge is 0.0545 e. The summed E-state index contributed by atoms with van der Waals surface area (Å²) >= 11 is 7.93. The molecule has 0 aliphatic carbocycles. The third kappa shape index (κ3) is 1.71. The highest BCUT2D eigenvalue weighted by Crippen LogP contribution is 2.42. The minimum Gasteiger partial charge on any atom is -0.324 e. The maximum absolute atomic E-state index is 6.10. The van der Waals surface area contributed by atoms with E-state index < -0.39 is 0 Å². The maximum Gasteiger partial charge on any atom is 0.0545 e. The number of rotatable bonds is 0. The summed E-state index contributed by atoms with van der Waals surface area (Å²) in [6, 6.07) is 6.13. The van der Waals surface area contributed by atoms with Crippen molar-refractivity contribution in [3.8, 4) is 0 Å². The molecule has 0 saturated heterocycles. The van der Waals surface area contributed by atoms with E-state index in [4.69, 9.17) is 17.3 Å². The van der Waals surface area contributed by atoms with E-state index in [9.17, 15) is 0 Å². The highest BCUT2D eigenvalue weighted by atomic mass is 35.5. The second kappa shape index (κ2) is 3.52. The Hall–Kier alpha value is -0.180. The van der Waals surface area contributed by atoms with E-state index >= 15 is 0 Å². The van der Waals surface area contributed by atoms with E-state index in [1.165, 1.54) is 10.5 Å². The summed E-state index contributed by atoms with van der Waals surface area (Å²) in [7, 11) is 0. The van der Waals surface area contributed by atoms with Crippen molar-refractivity contribution in [2.75, 3.05) is 0 Å². The van der Waals surface area contributed by atoms with Crippen molar-refractivity contribution in [2.24, 2.45) is 5.73 Å². The number of halogens is 1. The first kappa shape index (κ1) is 9.38. The molecule has 0 radical (unpaired) electrons. The molecule has 0 aromatic heterocycles. The fourth-order valence-electron chi connectivity index (χ4n) is 1.68. The van der Waals surface area contributed by atoms with Gasteiger partial charge in [0.1, 0.15) is 0 Å². The van der Waals surface area contributed by atoms with Crippen LogP contribution in [0.5, 0.6) is 0 Å². The van der Waals surface area contributed by atoms with Crippen LogP contribution < -0.4 is 5.73 Å². The largest absolute Gasteiger partial charge is 0.324 e. The lowest BCUT2D eigenvalue weighted by Gasteiger charge is -2.27. The number of hydrogen-bond donors (Lipinski definition) is 1. The first-order valence-corrected chi connectivity index (χ1v) is 5.65. The zero-order chi connectivity index (χ0) is 9.42. The summed E-state index contributed by atoms with van der Waals surface area (Å²) in [5, 5.41) is 1.41. The molecule has 1 nitrogen and oxygen atoms in total. The van der Waals surface area contributed by atoms with Crippen LogP contribution in [-0.4, -0.2) is 5.25 Å². The number of fused-ring (bicyclic) bond motifs is 1. The Morgan fingerprint density at radius 2 is 2.31 bits per heavy atom. The van der Waals surface area contributed by atoms with E-state index in [1.807, 2.05) is 23.9 Å². The lowest BCUT2D eigenvalue weighted by atomic mass is 10.0. The van der Waals surface area contributed by atoms with Gasteiger partial charge in [0, 0.05) is 16.2 Å². The number of nitrogens with two attached hydrogens (primary N) is 1. The molecule has 0 bridgehead atoms. The van der Waals surface area contributed by atoms with Crippen LogP contribution in [0.4, 0.5) is 0 Å². The Morgan fingerprint density at radius 3 is 3.08 bits per heavy atom. The van der Waals surface area contributed by atoms with Crippen molar-refractivity contribution in [2.45, 2.75) is 29.5 Å². The average Bonchev–Trinajstić information content (AvgIpc) is 2.07. The van der Waals surface area contributed by atoms with Crippen LogP contribution in [-0.2, 0) is 0 Å². The van der Waals surface area contributed by atoms with Gasteiger partial charge in [-0.1, -0.05) is 30.7 Å². The van der Waals surface area contributed by atoms with Gasteiger partial charge in [0.2, 0.25) is 0 Å². The van der Waals surface area contributed by atoms with Gasteiger partial charge in [-0.15, -0.1) is 11.8 Å². The maximum atomic E-state index is 6.10. The summed E-state index contributed by atoms with van der Waals surface area (Å²) in [5.74, 6) is 0. The molecule has 13 heavy (non-hydrogen) atoms. The molecule has 1 heterocycles. The highest BCUT2D eigenvalue weighted by molar-refractivity contribution is 8.00. The number of benzene rings is 1. The lowest BCUT2D eigenvalue weighted by Crippen LogP contribution is -2.20. The molecule has 70 valence electrons. The number of thioether (sulfide) groups is 1. The molecule has 2 N–H and O–H groups in total. The molecule has 1 aliphatic heterocycles. The zero-order valence-electron chi connectivity index (χ0n) is 7.46. The molecule has 2 unspecified atom stereocenters. The SMILES string of the molecule is CC1CC(N)c2cccc(Cl)c2S1. The molecule has 2 atom stereocenters. The van der Waals surface area contributed by atoms with Crippen LogP contribution in [0.2, 0.25) is 5.02 Å². The van der Waals surface area contributed by atoms with E-state index in [0.29, 0.717) is 5.25 Å². The van der Waals surface area contributed by atoms with Crippen molar-refractivity contribution < 1.29 is 0 Å². The molecular formula is C10H12ClNS. The van der Waals surface area contributed by atoms with Crippen molar-refractivity contribution in [1.82, 2.24) is 0 Å². The predicted octanol–water partition coefficient (Wildman–Crippen LogP) is 3.22. The third-order valence-electron chi connectivity index (χ3n) is 2.30. The van der Waals surface area contributed by atoms with Crippen LogP contribution in [0.3, 0.4) is 0 Å². The predicted molar refractivity (Wildman–Crippen MR) is 58.3 cm³/mol. The monoisotopic (exact) mass is 213 g/mol. The quantitative estimate of drug-likeness (QED) is 0.716. The van der Waals surface area contributed by atoms with Gasteiger partial charge in [0.05, 0.1) is 5.02 Å². The van der Waals surface area contributed by atoms with Gasteiger partial charge in [-0.3, -0.25) is 0 Å². The Morgan fingerprint density at radius 1 is 1.54 bits per heavy atom. The van der Waals surface area contributed by atoms with Gasteiger partial charge in [-0.2, -0.15) is 0 Å². The normalized spacial score (nSPS) is 27.0. The van der Waals surface area contributed by atoms with E-state index in [2.05, 4.69) is 13.0 Å².